The molecule has 0 aliphatic carbocycles. The highest BCUT2D eigenvalue weighted by atomic mass is 32.1. The van der Waals surface area contributed by atoms with Gasteiger partial charge in [0.25, 0.3) is 0 Å². The Balaban J connectivity index is 2.82. The first-order chi connectivity index (χ1) is 6.61. The normalized spacial score (nSPS) is 10.8. The molecule has 2 rings (SSSR count). The molecule has 0 saturated carbocycles. The largest absolute Gasteiger partial charge is 0.490 e. The summed E-state index contributed by atoms with van der Waals surface area (Å²) in [6.45, 7) is 0. The summed E-state index contributed by atoms with van der Waals surface area (Å²) >= 11 is 5.72. The lowest BCUT2D eigenvalue weighted by Crippen LogP contribution is -2.32. The summed E-state index contributed by atoms with van der Waals surface area (Å²) in [4.78, 5) is 0.707. The van der Waals surface area contributed by atoms with Crippen LogP contribution < -0.4 is 11.2 Å². The zero-order valence-electron chi connectivity index (χ0n) is 7.14. The van der Waals surface area contributed by atoms with Gasteiger partial charge in [0.15, 0.2) is 0 Å². The van der Waals surface area contributed by atoms with Gasteiger partial charge in [0.1, 0.15) is 0 Å². The molecule has 0 fully saturated rings. The van der Waals surface area contributed by atoms with Crippen LogP contribution in [0.5, 0.6) is 0 Å². The van der Waals surface area contributed by atoms with E-state index in [0.29, 0.717) is 16.0 Å². The maximum Gasteiger partial charge on any atom is 0.490 e. The molecule has 6 heteroatoms. The minimum atomic E-state index is -1.55. The number of nitrogens with two attached hydrogens (primary N) is 1. The fourth-order valence-corrected chi connectivity index (χ4v) is 2.66. The molecule has 0 aliphatic heterocycles. The van der Waals surface area contributed by atoms with Gasteiger partial charge in [-0.15, -0.1) is 24.0 Å². The Morgan fingerprint density at radius 2 is 2.14 bits per heavy atom. The van der Waals surface area contributed by atoms with E-state index in [1.54, 1.807) is 6.07 Å². The summed E-state index contributed by atoms with van der Waals surface area (Å²) in [6.07, 6.45) is 0. The molecule has 0 radical (unpaired) electrons. The lowest BCUT2D eigenvalue weighted by molar-refractivity contribution is 0.426. The maximum absolute atomic E-state index is 9.07. The predicted molar refractivity (Wildman–Crippen MR) is 63.3 cm³/mol. The summed E-state index contributed by atoms with van der Waals surface area (Å²) in [5, 5.41) is 21.0. The van der Waals surface area contributed by atoms with Crippen LogP contribution in [0.2, 0.25) is 0 Å². The molecule has 0 saturated heterocycles. The zero-order valence-corrected chi connectivity index (χ0v) is 8.85. The standard InChI is InChI=1S/C8H8BNO2S2/c10-7-5(9(11)12)3-6(13)4-1-2-14-8(4)7/h1-3,11-13H,10H2. The van der Waals surface area contributed by atoms with Gasteiger partial charge in [-0.3, -0.25) is 0 Å². The Hall–Kier alpha value is -0.685. The number of benzene rings is 1. The van der Waals surface area contributed by atoms with E-state index < -0.39 is 7.12 Å². The number of hydrogen-bond acceptors (Lipinski definition) is 5. The Morgan fingerprint density at radius 1 is 1.43 bits per heavy atom. The van der Waals surface area contributed by atoms with E-state index in [9.17, 15) is 0 Å². The third-order valence-electron chi connectivity index (χ3n) is 2.07. The number of anilines is 1. The van der Waals surface area contributed by atoms with Gasteiger partial charge in [-0.1, -0.05) is 0 Å². The molecular weight excluding hydrogens is 217 g/mol. The molecule has 3 nitrogen and oxygen atoms in total. The van der Waals surface area contributed by atoms with E-state index >= 15 is 0 Å². The van der Waals surface area contributed by atoms with Crippen molar-refractivity contribution in [1.82, 2.24) is 0 Å². The predicted octanol–water partition coefficient (Wildman–Crippen LogP) is 0.452. The lowest BCUT2D eigenvalue weighted by Gasteiger charge is -2.07. The van der Waals surface area contributed by atoms with Gasteiger partial charge in [0, 0.05) is 21.4 Å². The molecule has 0 bridgehead atoms. The smallest absolute Gasteiger partial charge is 0.423 e. The van der Waals surface area contributed by atoms with Crippen molar-refractivity contribution in [3.8, 4) is 0 Å². The van der Waals surface area contributed by atoms with Crippen molar-refractivity contribution in [2.24, 2.45) is 0 Å². The lowest BCUT2D eigenvalue weighted by atomic mass is 9.79. The van der Waals surface area contributed by atoms with E-state index in [0.717, 1.165) is 10.1 Å². The first kappa shape index (κ1) is 9.85. The topological polar surface area (TPSA) is 66.5 Å². The Kier molecular flexibility index (Phi) is 2.44. The molecule has 1 aromatic carbocycles. The van der Waals surface area contributed by atoms with Crippen LogP contribution in [0.1, 0.15) is 0 Å². The second-order valence-electron chi connectivity index (χ2n) is 2.94. The van der Waals surface area contributed by atoms with Crippen molar-refractivity contribution in [2.75, 3.05) is 5.73 Å². The van der Waals surface area contributed by atoms with Gasteiger partial charge in [-0.2, -0.15) is 0 Å². The summed E-state index contributed by atoms with van der Waals surface area (Å²) < 4.78 is 0.848. The van der Waals surface area contributed by atoms with Crippen LogP contribution in [-0.2, 0) is 0 Å². The van der Waals surface area contributed by atoms with Gasteiger partial charge in [-0.05, 0) is 17.5 Å². The van der Waals surface area contributed by atoms with E-state index in [1.807, 2.05) is 11.4 Å². The van der Waals surface area contributed by atoms with E-state index in [-0.39, 0.29) is 0 Å². The second-order valence-corrected chi connectivity index (χ2v) is 4.33. The quantitative estimate of drug-likeness (QED) is 0.323. The van der Waals surface area contributed by atoms with Gasteiger partial charge in [0.05, 0.1) is 4.70 Å². The molecule has 0 atom stereocenters. The molecule has 72 valence electrons. The van der Waals surface area contributed by atoms with Crippen molar-refractivity contribution in [1.29, 1.82) is 0 Å². The highest BCUT2D eigenvalue weighted by molar-refractivity contribution is 7.80. The number of rotatable bonds is 1. The summed E-state index contributed by atoms with van der Waals surface area (Å²) in [5.74, 6) is 0. The third-order valence-corrected chi connectivity index (χ3v) is 3.38. The van der Waals surface area contributed by atoms with Crippen molar-refractivity contribution in [3.63, 3.8) is 0 Å². The van der Waals surface area contributed by atoms with E-state index in [1.165, 1.54) is 11.3 Å². The highest BCUT2D eigenvalue weighted by Crippen LogP contribution is 2.30. The molecule has 2 aromatic rings. The van der Waals surface area contributed by atoms with Crippen LogP contribution in [0.25, 0.3) is 10.1 Å². The van der Waals surface area contributed by atoms with Gasteiger partial charge in [0.2, 0.25) is 0 Å². The SMILES string of the molecule is Nc1c(B(O)O)cc(S)c2ccsc12. The minimum absolute atomic E-state index is 0.310. The molecule has 0 amide bonds. The first-order valence-corrected chi connectivity index (χ1v) is 5.28. The molecule has 0 unspecified atom stereocenters. The number of thiophene rings is 1. The Bertz CT molecular complexity index is 483. The van der Waals surface area contributed by atoms with Crippen molar-refractivity contribution >= 4 is 52.3 Å². The van der Waals surface area contributed by atoms with Crippen LogP contribution in [-0.4, -0.2) is 17.2 Å². The van der Waals surface area contributed by atoms with Crippen LogP contribution in [0.3, 0.4) is 0 Å². The molecule has 0 aliphatic rings. The first-order valence-electron chi connectivity index (χ1n) is 3.96. The van der Waals surface area contributed by atoms with Gasteiger partial charge in [-0.25, -0.2) is 0 Å². The van der Waals surface area contributed by atoms with Crippen molar-refractivity contribution in [3.05, 3.63) is 17.5 Å². The molecule has 14 heavy (non-hydrogen) atoms. The maximum atomic E-state index is 9.07. The molecule has 1 heterocycles. The fourth-order valence-electron chi connectivity index (χ4n) is 1.37. The third kappa shape index (κ3) is 1.40. The number of nitrogen functional groups attached to an aromatic ring is 1. The summed E-state index contributed by atoms with van der Waals surface area (Å²) in [6, 6.07) is 3.49. The van der Waals surface area contributed by atoms with Crippen LogP contribution in [0.4, 0.5) is 5.69 Å². The van der Waals surface area contributed by atoms with Crippen LogP contribution in [0.15, 0.2) is 22.4 Å². The molecule has 0 spiro atoms. The van der Waals surface area contributed by atoms with Crippen molar-refractivity contribution in [2.45, 2.75) is 4.90 Å². The van der Waals surface area contributed by atoms with E-state index in [4.69, 9.17) is 15.8 Å². The van der Waals surface area contributed by atoms with Gasteiger partial charge >= 0.3 is 7.12 Å². The minimum Gasteiger partial charge on any atom is -0.423 e. The molecule has 4 N–H and O–H groups in total. The summed E-state index contributed by atoms with van der Waals surface area (Å²) in [5.41, 5.74) is 6.52. The Labute approximate surface area is 90.7 Å². The number of hydrogen-bond donors (Lipinski definition) is 4. The average Bonchev–Trinajstić information content (AvgIpc) is 2.59. The molecular formula is C8H8BNO2S2. The number of fused-ring (bicyclic) bond motifs is 1. The van der Waals surface area contributed by atoms with E-state index in [2.05, 4.69) is 12.6 Å². The molecule has 1 aromatic heterocycles. The number of thiol groups is 1. The summed E-state index contributed by atoms with van der Waals surface area (Å²) in [7, 11) is -1.55. The second kappa shape index (κ2) is 3.47. The highest BCUT2D eigenvalue weighted by Gasteiger charge is 2.18. The monoisotopic (exact) mass is 225 g/mol. The fraction of sp³-hybridized carbons (Fsp3) is 0. The van der Waals surface area contributed by atoms with Crippen LogP contribution in [0, 0.1) is 0 Å². The Morgan fingerprint density at radius 3 is 2.79 bits per heavy atom. The van der Waals surface area contributed by atoms with Gasteiger partial charge < -0.3 is 15.8 Å². The average molecular weight is 225 g/mol. The van der Waals surface area contributed by atoms with Crippen molar-refractivity contribution < 1.29 is 10.0 Å². The van der Waals surface area contributed by atoms with Crippen LogP contribution >= 0.6 is 24.0 Å². The zero-order chi connectivity index (χ0) is 10.3.